The molecule has 0 aromatic heterocycles. The van der Waals surface area contributed by atoms with Crippen LogP contribution in [0.3, 0.4) is 0 Å². The first-order valence-corrected chi connectivity index (χ1v) is 7.14. The van der Waals surface area contributed by atoms with Crippen molar-refractivity contribution in [3.63, 3.8) is 0 Å². The van der Waals surface area contributed by atoms with Gasteiger partial charge in [-0.1, -0.05) is 54.7 Å². The van der Waals surface area contributed by atoms with Crippen molar-refractivity contribution in [2.45, 2.75) is 12.8 Å². The van der Waals surface area contributed by atoms with E-state index in [2.05, 4.69) is 5.32 Å². The zero-order valence-electron chi connectivity index (χ0n) is 11.0. The Hall–Kier alpha value is -2.00. The summed E-state index contributed by atoms with van der Waals surface area (Å²) in [6.45, 7) is 0. The molecule has 0 amide bonds. The van der Waals surface area contributed by atoms with E-state index in [0.717, 1.165) is 29.7 Å². The number of para-hydroxylation sites is 1. The highest BCUT2D eigenvalue weighted by molar-refractivity contribution is 7.80. The largest absolute Gasteiger partial charge is 0.349 e. The van der Waals surface area contributed by atoms with Gasteiger partial charge in [0.2, 0.25) is 0 Å². The number of carbonyl (C=O) groups is 1. The topological polar surface area (TPSA) is 29.1 Å². The number of hydrogen-bond acceptors (Lipinski definition) is 2. The molecule has 3 heteroatoms. The Morgan fingerprint density at radius 3 is 2.55 bits per heavy atom. The molecule has 1 atom stereocenters. The van der Waals surface area contributed by atoms with Crippen molar-refractivity contribution in [3.05, 3.63) is 65.7 Å². The summed E-state index contributed by atoms with van der Waals surface area (Å²) in [5, 5.41) is 3.18. The minimum absolute atomic E-state index is 0.139. The lowest BCUT2D eigenvalue weighted by atomic mass is 9.82. The maximum atomic E-state index is 12.5. The number of fused-ring (bicyclic) bond motifs is 1. The van der Waals surface area contributed by atoms with Gasteiger partial charge in [0.1, 0.15) is 0 Å². The van der Waals surface area contributed by atoms with Crippen LogP contribution in [-0.4, -0.2) is 10.8 Å². The Bertz CT molecular complexity index is 651. The first-order chi connectivity index (χ1) is 9.75. The standard InChI is InChI=1S/C17H15NOS/c19-16-14-9-5-4-6-12(14)10-11-15(16)17(20)18-13-7-2-1-3-8-13/h1-9,15H,10-11H2,(H,18,20). The summed E-state index contributed by atoms with van der Waals surface area (Å²) >= 11 is 5.43. The average molecular weight is 281 g/mol. The number of Topliss-reactive ketones (excluding diaryl/α,β-unsaturated/α-hetero) is 1. The van der Waals surface area contributed by atoms with Crippen LogP contribution in [-0.2, 0) is 6.42 Å². The Labute approximate surface area is 123 Å². The molecule has 0 fully saturated rings. The third-order valence-corrected chi connectivity index (χ3v) is 4.05. The molecule has 0 aliphatic heterocycles. The lowest BCUT2D eigenvalue weighted by molar-refractivity contribution is 0.0942. The number of anilines is 1. The average Bonchev–Trinajstić information content (AvgIpc) is 2.49. The molecule has 0 spiro atoms. The maximum absolute atomic E-state index is 12.5. The zero-order chi connectivity index (χ0) is 13.9. The van der Waals surface area contributed by atoms with Crippen molar-refractivity contribution in [2.75, 3.05) is 5.32 Å². The third kappa shape index (κ3) is 2.49. The van der Waals surface area contributed by atoms with Crippen molar-refractivity contribution in [3.8, 4) is 0 Å². The Kier molecular flexibility index (Phi) is 3.61. The van der Waals surface area contributed by atoms with Gasteiger partial charge in [-0.05, 0) is 30.5 Å². The van der Waals surface area contributed by atoms with Crippen LogP contribution in [0.4, 0.5) is 5.69 Å². The van der Waals surface area contributed by atoms with Gasteiger partial charge in [-0.25, -0.2) is 0 Å². The van der Waals surface area contributed by atoms with Gasteiger partial charge in [-0.2, -0.15) is 0 Å². The fourth-order valence-electron chi connectivity index (χ4n) is 2.60. The number of rotatable bonds is 2. The van der Waals surface area contributed by atoms with E-state index < -0.39 is 0 Å². The van der Waals surface area contributed by atoms with Crippen LogP contribution in [0, 0.1) is 5.92 Å². The molecule has 1 N–H and O–H groups in total. The lowest BCUT2D eigenvalue weighted by Gasteiger charge is -2.24. The van der Waals surface area contributed by atoms with Crippen molar-refractivity contribution >= 4 is 28.7 Å². The van der Waals surface area contributed by atoms with Crippen LogP contribution in [0.2, 0.25) is 0 Å². The highest BCUT2D eigenvalue weighted by Crippen LogP contribution is 2.27. The van der Waals surface area contributed by atoms with Crippen LogP contribution in [0.25, 0.3) is 0 Å². The molecule has 0 saturated carbocycles. The van der Waals surface area contributed by atoms with Gasteiger partial charge >= 0.3 is 0 Å². The molecule has 1 aliphatic rings. The minimum Gasteiger partial charge on any atom is -0.349 e. The maximum Gasteiger partial charge on any atom is 0.172 e. The van der Waals surface area contributed by atoms with Gasteiger partial charge in [-0.3, -0.25) is 4.79 Å². The first-order valence-electron chi connectivity index (χ1n) is 6.74. The van der Waals surface area contributed by atoms with Crippen molar-refractivity contribution in [1.29, 1.82) is 0 Å². The molecule has 2 aromatic rings. The summed E-state index contributed by atoms with van der Waals surface area (Å²) in [5.41, 5.74) is 2.89. The SMILES string of the molecule is O=C1c2ccccc2CCC1C(=S)Nc1ccccc1. The predicted molar refractivity (Wildman–Crippen MR) is 85.2 cm³/mol. The molecule has 2 aromatic carbocycles. The van der Waals surface area contributed by atoms with Crippen molar-refractivity contribution in [2.24, 2.45) is 5.92 Å². The molecule has 0 saturated heterocycles. The number of nitrogens with one attached hydrogen (secondary N) is 1. The molecule has 3 rings (SSSR count). The molecule has 20 heavy (non-hydrogen) atoms. The van der Waals surface area contributed by atoms with E-state index in [1.807, 2.05) is 54.6 Å². The van der Waals surface area contributed by atoms with E-state index in [1.54, 1.807) is 0 Å². The highest BCUT2D eigenvalue weighted by atomic mass is 32.1. The van der Waals surface area contributed by atoms with E-state index in [4.69, 9.17) is 12.2 Å². The summed E-state index contributed by atoms with van der Waals surface area (Å²) in [5.74, 6) is -0.0691. The molecule has 0 bridgehead atoms. The van der Waals surface area contributed by atoms with E-state index >= 15 is 0 Å². The van der Waals surface area contributed by atoms with E-state index in [9.17, 15) is 4.79 Å². The van der Waals surface area contributed by atoms with Crippen LogP contribution in [0.5, 0.6) is 0 Å². The molecule has 0 radical (unpaired) electrons. The van der Waals surface area contributed by atoms with Gasteiger partial charge in [0, 0.05) is 11.3 Å². The minimum atomic E-state index is -0.208. The molecular formula is C17H15NOS. The Morgan fingerprint density at radius 2 is 1.75 bits per heavy atom. The van der Waals surface area contributed by atoms with Crippen LogP contribution in [0.1, 0.15) is 22.3 Å². The van der Waals surface area contributed by atoms with Crippen LogP contribution >= 0.6 is 12.2 Å². The quantitative estimate of drug-likeness (QED) is 0.847. The molecule has 1 aliphatic carbocycles. The monoisotopic (exact) mass is 281 g/mol. The number of ketones is 1. The first kappa shape index (κ1) is 13.0. The smallest absolute Gasteiger partial charge is 0.172 e. The second-order valence-corrected chi connectivity index (χ2v) is 5.41. The normalized spacial score (nSPS) is 17.4. The highest BCUT2D eigenvalue weighted by Gasteiger charge is 2.30. The summed E-state index contributed by atoms with van der Waals surface area (Å²) in [7, 11) is 0. The molecule has 0 heterocycles. The zero-order valence-corrected chi connectivity index (χ0v) is 11.8. The van der Waals surface area contributed by atoms with Crippen molar-refractivity contribution < 1.29 is 4.79 Å². The number of carbonyl (C=O) groups excluding carboxylic acids is 1. The molecule has 100 valence electrons. The Balaban J connectivity index is 1.79. The van der Waals surface area contributed by atoms with E-state index in [-0.39, 0.29) is 11.7 Å². The van der Waals surface area contributed by atoms with E-state index in [1.165, 1.54) is 0 Å². The molecule has 1 unspecified atom stereocenters. The number of benzene rings is 2. The van der Waals surface area contributed by atoms with Gasteiger partial charge in [0.05, 0.1) is 10.9 Å². The lowest BCUT2D eigenvalue weighted by Crippen LogP contribution is -2.32. The summed E-state index contributed by atoms with van der Waals surface area (Å²) in [6.07, 6.45) is 1.69. The van der Waals surface area contributed by atoms with Gasteiger partial charge in [-0.15, -0.1) is 0 Å². The summed E-state index contributed by atoms with van der Waals surface area (Å²) < 4.78 is 0. The second kappa shape index (κ2) is 5.55. The van der Waals surface area contributed by atoms with Gasteiger partial charge < -0.3 is 5.32 Å². The third-order valence-electron chi connectivity index (χ3n) is 3.66. The van der Waals surface area contributed by atoms with Crippen molar-refractivity contribution in [1.82, 2.24) is 0 Å². The Morgan fingerprint density at radius 1 is 1.05 bits per heavy atom. The summed E-state index contributed by atoms with van der Waals surface area (Å²) in [6, 6.07) is 17.6. The van der Waals surface area contributed by atoms with Gasteiger partial charge in [0.25, 0.3) is 0 Å². The fourth-order valence-corrected chi connectivity index (χ4v) is 2.94. The fraction of sp³-hybridized carbons (Fsp3) is 0.176. The summed E-state index contributed by atoms with van der Waals surface area (Å²) in [4.78, 5) is 13.1. The number of hydrogen-bond donors (Lipinski definition) is 1. The van der Waals surface area contributed by atoms with Crippen LogP contribution < -0.4 is 5.32 Å². The van der Waals surface area contributed by atoms with Gasteiger partial charge in [0.15, 0.2) is 5.78 Å². The predicted octanol–water partition coefficient (Wildman–Crippen LogP) is 3.87. The van der Waals surface area contributed by atoms with Crippen LogP contribution in [0.15, 0.2) is 54.6 Å². The number of aryl methyl sites for hydroxylation is 1. The molecular weight excluding hydrogens is 266 g/mol. The second-order valence-electron chi connectivity index (χ2n) is 4.97. The van der Waals surface area contributed by atoms with E-state index in [0.29, 0.717) is 4.99 Å². The molecule has 2 nitrogen and oxygen atoms in total. The number of thiocarbonyl (C=S) groups is 1.